The Bertz CT molecular complexity index is 1190. The molecule has 4 aliphatic rings. The van der Waals surface area contributed by atoms with Crippen molar-refractivity contribution in [3.8, 4) is 17.5 Å². The molecule has 2 saturated carbocycles. The lowest BCUT2D eigenvalue weighted by atomic mass is 9.60. The maximum absolute atomic E-state index is 13.1. The molecule has 1 unspecified atom stereocenters. The van der Waals surface area contributed by atoms with E-state index in [0.29, 0.717) is 47.3 Å². The SMILES string of the molecule is C[C@H](Oc1cc(Oc2cncnc2)nc(C2=C3CCC[C@@]4(CCCCC4=O)C3NO2)n1)[C@@H]1CCCN1C. The van der Waals surface area contributed by atoms with Crippen LogP contribution in [-0.4, -0.2) is 62.4 Å². The first-order valence-corrected chi connectivity index (χ1v) is 13.4. The lowest BCUT2D eigenvalue weighted by Gasteiger charge is -2.43. The molecule has 4 heterocycles. The van der Waals surface area contributed by atoms with Gasteiger partial charge in [-0.2, -0.15) is 9.97 Å². The van der Waals surface area contributed by atoms with Gasteiger partial charge in [-0.15, -0.1) is 5.48 Å². The average molecular weight is 507 g/mol. The van der Waals surface area contributed by atoms with Gasteiger partial charge in [-0.05, 0) is 71.0 Å². The van der Waals surface area contributed by atoms with Crippen LogP contribution >= 0.6 is 0 Å². The highest BCUT2D eigenvalue weighted by Crippen LogP contribution is 2.51. The third kappa shape index (κ3) is 4.57. The zero-order valence-corrected chi connectivity index (χ0v) is 21.5. The summed E-state index contributed by atoms with van der Waals surface area (Å²) in [4.78, 5) is 39.0. The summed E-state index contributed by atoms with van der Waals surface area (Å²) < 4.78 is 12.3. The number of ether oxygens (including phenoxy) is 2. The maximum Gasteiger partial charge on any atom is 0.226 e. The second-order valence-corrected chi connectivity index (χ2v) is 10.7. The molecular weight excluding hydrogens is 472 g/mol. The zero-order chi connectivity index (χ0) is 25.4. The summed E-state index contributed by atoms with van der Waals surface area (Å²) >= 11 is 0. The van der Waals surface area contributed by atoms with Gasteiger partial charge in [-0.1, -0.05) is 6.42 Å². The van der Waals surface area contributed by atoms with Crippen LogP contribution in [-0.2, 0) is 9.63 Å². The fourth-order valence-electron chi connectivity index (χ4n) is 6.58. The Hall–Kier alpha value is -3.11. The van der Waals surface area contributed by atoms with Crippen LogP contribution < -0.4 is 15.0 Å². The minimum Gasteiger partial charge on any atom is -0.473 e. The molecule has 0 aromatic carbocycles. The van der Waals surface area contributed by atoms with E-state index in [1.807, 2.05) is 0 Å². The molecule has 2 aliphatic heterocycles. The summed E-state index contributed by atoms with van der Waals surface area (Å²) in [7, 11) is 2.13. The van der Waals surface area contributed by atoms with Gasteiger partial charge in [-0.25, -0.2) is 9.97 Å². The van der Waals surface area contributed by atoms with Gasteiger partial charge in [0.1, 0.15) is 18.2 Å². The van der Waals surface area contributed by atoms with Gasteiger partial charge in [0.2, 0.25) is 17.6 Å². The molecule has 1 spiro atoms. The molecule has 10 heteroatoms. The minimum absolute atomic E-state index is 0.0611. The van der Waals surface area contributed by atoms with Crippen LogP contribution in [0.25, 0.3) is 5.76 Å². The Morgan fingerprint density at radius 1 is 1.11 bits per heavy atom. The smallest absolute Gasteiger partial charge is 0.226 e. The number of hydrogen-bond acceptors (Lipinski definition) is 10. The number of carbonyl (C=O) groups excluding carboxylic acids is 1. The van der Waals surface area contributed by atoms with Gasteiger partial charge in [0.15, 0.2) is 11.5 Å². The van der Waals surface area contributed by atoms with Crippen molar-refractivity contribution in [2.45, 2.75) is 82.9 Å². The lowest BCUT2D eigenvalue weighted by molar-refractivity contribution is -0.135. The highest BCUT2D eigenvalue weighted by molar-refractivity contribution is 5.88. The number of Topliss-reactive ketones (excluding diaryl/α,β-unsaturated/α-hetero) is 1. The summed E-state index contributed by atoms with van der Waals surface area (Å²) in [6.07, 6.45) is 13.0. The molecular formula is C27H34N6O4. The summed E-state index contributed by atoms with van der Waals surface area (Å²) in [6, 6.07) is 1.87. The van der Waals surface area contributed by atoms with E-state index in [1.54, 1.807) is 18.5 Å². The van der Waals surface area contributed by atoms with Gasteiger partial charge in [0.25, 0.3) is 0 Å². The highest BCUT2D eigenvalue weighted by atomic mass is 16.7. The lowest BCUT2D eigenvalue weighted by Crippen LogP contribution is -2.51. The third-order valence-corrected chi connectivity index (χ3v) is 8.44. The fraction of sp³-hybridized carbons (Fsp3) is 0.593. The Balaban J connectivity index is 1.35. The van der Waals surface area contributed by atoms with Crippen molar-refractivity contribution in [1.82, 2.24) is 30.3 Å². The maximum atomic E-state index is 13.1. The van der Waals surface area contributed by atoms with Crippen molar-refractivity contribution in [2.75, 3.05) is 13.6 Å². The molecule has 2 aliphatic carbocycles. The summed E-state index contributed by atoms with van der Waals surface area (Å²) in [5.74, 6) is 2.52. The number of likely N-dealkylation sites (tertiary alicyclic amines) is 1. The zero-order valence-electron chi connectivity index (χ0n) is 21.5. The van der Waals surface area contributed by atoms with E-state index in [4.69, 9.17) is 19.3 Å². The van der Waals surface area contributed by atoms with Crippen LogP contribution in [0.5, 0.6) is 17.5 Å². The monoisotopic (exact) mass is 506 g/mol. The van der Waals surface area contributed by atoms with E-state index in [0.717, 1.165) is 63.5 Å². The molecule has 3 fully saturated rings. The second kappa shape index (κ2) is 9.98. The first kappa shape index (κ1) is 24.2. The van der Waals surface area contributed by atoms with Crippen molar-refractivity contribution in [3.05, 3.63) is 36.2 Å². The van der Waals surface area contributed by atoms with Crippen LogP contribution in [0.3, 0.4) is 0 Å². The van der Waals surface area contributed by atoms with E-state index >= 15 is 0 Å². The predicted molar refractivity (Wildman–Crippen MR) is 135 cm³/mol. The van der Waals surface area contributed by atoms with Crippen molar-refractivity contribution in [3.63, 3.8) is 0 Å². The van der Waals surface area contributed by atoms with Crippen molar-refractivity contribution >= 4 is 11.5 Å². The Morgan fingerprint density at radius 2 is 1.92 bits per heavy atom. The number of nitrogens with one attached hydrogen (secondary N) is 1. The van der Waals surface area contributed by atoms with E-state index in [1.165, 1.54) is 6.33 Å². The summed E-state index contributed by atoms with van der Waals surface area (Å²) in [5.41, 5.74) is 3.86. The summed E-state index contributed by atoms with van der Waals surface area (Å²) in [6.45, 7) is 3.14. The van der Waals surface area contributed by atoms with Gasteiger partial charge in [-0.3, -0.25) is 9.69 Å². The van der Waals surface area contributed by atoms with Crippen LogP contribution in [0.15, 0.2) is 30.4 Å². The number of rotatable bonds is 6. The van der Waals surface area contributed by atoms with E-state index in [9.17, 15) is 4.79 Å². The number of carbonyl (C=O) groups is 1. The van der Waals surface area contributed by atoms with E-state index in [2.05, 4.69) is 39.3 Å². The van der Waals surface area contributed by atoms with Crippen molar-refractivity contribution in [2.24, 2.45) is 5.41 Å². The second-order valence-electron chi connectivity index (χ2n) is 10.7. The van der Waals surface area contributed by atoms with Crippen LogP contribution in [0.4, 0.5) is 0 Å². The average Bonchev–Trinajstić information content (AvgIpc) is 3.53. The topological polar surface area (TPSA) is 112 Å². The normalized spacial score (nSPS) is 28.8. The highest BCUT2D eigenvalue weighted by Gasteiger charge is 2.53. The number of hydroxylamine groups is 1. The molecule has 196 valence electrons. The third-order valence-electron chi connectivity index (χ3n) is 8.44. The summed E-state index contributed by atoms with van der Waals surface area (Å²) in [5, 5.41) is 0. The molecule has 2 aromatic rings. The molecule has 4 atom stereocenters. The quantitative estimate of drug-likeness (QED) is 0.620. The molecule has 2 aromatic heterocycles. The van der Waals surface area contributed by atoms with Crippen molar-refractivity contribution < 1.29 is 19.1 Å². The van der Waals surface area contributed by atoms with E-state index in [-0.39, 0.29) is 12.1 Å². The van der Waals surface area contributed by atoms with Gasteiger partial charge < -0.3 is 14.3 Å². The molecule has 0 radical (unpaired) electrons. The minimum atomic E-state index is -0.399. The number of hydrogen-bond donors (Lipinski definition) is 1. The molecule has 0 bridgehead atoms. The molecule has 37 heavy (non-hydrogen) atoms. The van der Waals surface area contributed by atoms with Crippen molar-refractivity contribution in [1.29, 1.82) is 0 Å². The Kier molecular flexibility index (Phi) is 6.54. The standard InChI is InChI=1S/C27H34N6O4/c1-17(20-8-6-12-33(20)2)35-22-13-23(36-18-14-28-16-29-15-18)31-26(30-22)24-19-7-5-11-27(25(19)32-37-24)10-4-3-9-21(27)34/h13-17,20,25,32H,3-12H2,1-2H3/t17-,20-,25?,27+/m0/s1. The Morgan fingerprint density at radius 3 is 2.70 bits per heavy atom. The number of aromatic nitrogens is 4. The van der Waals surface area contributed by atoms with Crippen LogP contribution in [0, 0.1) is 5.41 Å². The fourth-order valence-corrected chi connectivity index (χ4v) is 6.58. The Labute approximate surface area is 216 Å². The largest absolute Gasteiger partial charge is 0.473 e. The molecule has 6 rings (SSSR count). The molecule has 0 amide bonds. The first-order chi connectivity index (χ1) is 18.0. The van der Waals surface area contributed by atoms with E-state index < -0.39 is 5.41 Å². The number of likely N-dealkylation sites (N-methyl/N-ethyl adjacent to an activating group) is 1. The van der Waals surface area contributed by atoms with Crippen LogP contribution in [0.2, 0.25) is 0 Å². The first-order valence-electron chi connectivity index (χ1n) is 13.4. The predicted octanol–water partition coefficient (Wildman–Crippen LogP) is 3.85. The number of ketones is 1. The van der Waals surface area contributed by atoms with Gasteiger partial charge in [0.05, 0.1) is 29.9 Å². The van der Waals surface area contributed by atoms with Gasteiger partial charge in [0, 0.05) is 12.5 Å². The van der Waals surface area contributed by atoms with Gasteiger partial charge >= 0.3 is 0 Å². The molecule has 10 nitrogen and oxygen atoms in total. The number of nitrogens with zero attached hydrogens (tertiary/aromatic N) is 5. The number of fused-ring (bicyclic) bond motifs is 2. The van der Waals surface area contributed by atoms with Crippen LogP contribution in [0.1, 0.15) is 70.5 Å². The molecule has 1 saturated heterocycles. The molecule has 1 N–H and O–H groups in total.